The minimum Gasteiger partial charge on any atom is -0.301 e. The zero-order valence-corrected chi connectivity index (χ0v) is 23.9. The number of hydrogen-bond acceptors (Lipinski definition) is 6. The molecule has 0 aliphatic carbocycles. The summed E-state index contributed by atoms with van der Waals surface area (Å²) < 4.78 is 1.97. The highest BCUT2D eigenvalue weighted by Gasteiger charge is 2.18. The van der Waals surface area contributed by atoms with Crippen molar-refractivity contribution < 1.29 is 4.79 Å². The van der Waals surface area contributed by atoms with E-state index in [0.717, 1.165) is 21.8 Å². The van der Waals surface area contributed by atoms with Gasteiger partial charge in [-0.1, -0.05) is 92.1 Å². The van der Waals surface area contributed by atoms with E-state index in [2.05, 4.69) is 72.1 Å². The SMILES string of the molecule is C=CCn1c(SCC(=O)Nc2ncc(Cc3ccc(Cl)c(Cl)c3)s2)nnc1-c1ccc(C(C)(C)C)cc1. The van der Waals surface area contributed by atoms with E-state index in [1.54, 1.807) is 18.3 Å². The normalized spacial score (nSPS) is 11.5. The first-order valence-electron chi connectivity index (χ1n) is 11.6. The molecule has 4 rings (SSSR count). The van der Waals surface area contributed by atoms with Gasteiger partial charge >= 0.3 is 0 Å². The number of anilines is 1. The Kier molecular flexibility index (Phi) is 8.75. The van der Waals surface area contributed by atoms with Crippen molar-refractivity contribution in [2.45, 2.75) is 44.3 Å². The molecule has 0 saturated heterocycles. The van der Waals surface area contributed by atoms with E-state index in [1.807, 2.05) is 16.7 Å². The lowest BCUT2D eigenvalue weighted by Crippen LogP contribution is -2.14. The van der Waals surface area contributed by atoms with Crippen molar-refractivity contribution in [1.29, 1.82) is 0 Å². The third kappa shape index (κ3) is 7.02. The van der Waals surface area contributed by atoms with Gasteiger partial charge in [0.15, 0.2) is 16.1 Å². The second kappa shape index (κ2) is 11.8. The molecule has 2 aromatic carbocycles. The molecule has 2 aromatic heterocycles. The Morgan fingerprint density at radius 3 is 2.57 bits per heavy atom. The van der Waals surface area contributed by atoms with Crippen molar-refractivity contribution in [3.05, 3.63) is 87.4 Å². The summed E-state index contributed by atoms with van der Waals surface area (Å²) in [4.78, 5) is 18.0. The molecule has 10 heteroatoms. The van der Waals surface area contributed by atoms with Gasteiger partial charge in [0.2, 0.25) is 5.91 Å². The average molecular weight is 573 g/mol. The van der Waals surface area contributed by atoms with Crippen molar-refractivity contribution in [2.24, 2.45) is 0 Å². The van der Waals surface area contributed by atoms with E-state index in [9.17, 15) is 4.79 Å². The number of carbonyl (C=O) groups excluding carboxylic acids is 1. The van der Waals surface area contributed by atoms with Gasteiger partial charge in [0.1, 0.15) is 0 Å². The molecule has 0 radical (unpaired) electrons. The minimum atomic E-state index is -0.162. The van der Waals surface area contributed by atoms with Crippen molar-refractivity contribution in [3.8, 4) is 11.4 Å². The van der Waals surface area contributed by atoms with Crippen LogP contribution in [0.2, 0.25) is 10.0 Å². The lowest BCUT2D eigenvalue weighted by molar-refractivity contribution is -0.113. The van der Waals surface area contributed by atoms with Gasteiger partial charge in [-0.3, -0.25) is 9.36 Å². The van der Waals surface area contributed by atoms with Gasteiger partial charge in [-0.2, -0.15) is 0 Å². The number of benzene rings is 2. The molecule has 1 N–H and O–H groups in total. The molecule has 0 fully saturated rings. The molecule has 6 nitrogen and oxygen atoms in total. The van der Waals surface area contributed by atoms with Crippen molar-refractivity contribution in [3.63, 3.8) is 0 Å². The number of thiazole rings is 1. The molecule has 0 unspecified atom stereocenters. The standard InChI is InChI=1S/C27H27Cl2N5OS2/c1-5-12-34-24(18-7-9-19(10-8-18)27(2,3)4)32-33-26(34)36-16-23(35)31-25-30-15-20(37-25)13-17-6-11-21(28)22(29)14-17/h5-11,14-15H,1,12-13,16H2,2-4H3,(H,30,31,35). The molecule has 0 saturated carbocycles. The van der Waals surface area contributed by atoms with Gasteiger partial charge < -0.3 is 5.32 Å². The van der Waals surface area contributed by atoms with Crippen LogP contribution in [-0.2, 0) is 23.2 Å². The van der Waals surface area contributed by atoms with E-state index < -0.39 is 0 Å². The molecule has 0 aliphatic heterocycles. The number of nitrogens with one attached hydrogen (secondary N) is 1. The number of allylic oxidation sites excluding steroid dienone is 1. The molecular weight excluding hydrogens is 545 g/mol. The zero-order valence-electron chi connectivity index (χ0n) is 20.8. The molecule has 0 spiro atoms. The summed E-state index contributed by atoms with van der Waals surface area (Å²) in [5.74, 6) is 0.764. The van der Waals surface area contributed by atoms with Crippen LogP contribution < -0.4 is 5.32 Å². The lowest BCUT2D eigenvalue weighted by atomic mass is 9.87. The molecule has 4 aromatic rings. The summed E-state index contributed by atoms with van der Waals surface area (Å²) >= 11 is 14.9. The highest BCUT2D eigenvalue weighted by molar-refractivity contribution is 7.99. The van der Waals surface area contributed by atoms with Crippen molar-refractivity contribution >= 4 is 57.3 Å². The Bertz CT molecular complexity index is 1410. The lowest BCUT2D eigenvalue weighted by Gasteiger charge is -2.19. The highest BCUT2D eigenvalue weighted by atomic mass is 35.5. The van der Waals surface area contributed by atoms with Crippen LogP contribution in [0.1, 0.15) is 36.8 Å². The number of thioether (sulfide) groups is 1. The van der Waals surface area contributed by atoms with Crippen LogP contribution in [0.5, 0.6) is 0 Å². The summed E-state index contributed by atoms with van der Waals surface area (Å²) in [5, 5.41) is 13.9. The summed E-state index contributed by atoms with van der Waals surface area (Å²) in [6.45, 7) is 11.0. The van der Waals surface area contributed by atoms with Gasteiger partial charge in [-0.15, -0.1) is 28.1 Å². The maximum Gasteiger partial charge on any atom is 0.236 e. The predicted octanol–water partition coefficient (Wildman–Crippen LogP) is 7.51. The minimum absolute atomic E-state index is 0.0729. The number of amides is 1. The quantitative estimate of drug-likeness (QED) is 0.166. The highest BCUT2D eigenvalue weighted by Crippen LogP contribution is 2.29. The predicted molar refractivity (Wildman–Crippen MR) is 155 cm³/mol. The number of rotatable bonds is 9. The van der Waals surface area contributed by atoms with Crippen LogP contribution in [0.4, 0.5) is 5.13 Å². The molecule has 0 aliphatic rings. The van der Waals surface area contributed by atoms with Gasteiger partial charge in [-0.05, 0) is 28.7 Å². The monoisotopic (exact) mass is 571 g/mol. The average Bonchev–Trinajstić information content (AvgIpc) is 3.46. The Balaban J connectivity index is 1.38. The van der Waals surface area contributed by atoms with Gasteiger partial charge in [0.25, 0.3) is 0 Å². The van der Waals surface area contributed by atoms with E-state index in [-0.39, 0.29) is 17.1 Å². The molecule has 1 amide bonds. The first-order chi connectivity index (χ1) is 17.6. The molecular formula is C27H27Cl2N5OS2. The molecule has 192 valence electrons. The van der Waals surface area contributed by atoms with Crippen LogP contribution in [0.25, 0.3) is 11.4 Å². The molecule has 2 heterocycles. The Morgan fingerprint density at radius 1 is 1.14 bits per heavy atom. The maximum absolute atomic E-state index is 12.6. The first kappa shape index (κ1) is 27.4. The van der Waals surface area contributed by atoms with Crippen LogP contribution in [0, 0.1) is 0 Å². The number of halogens is 2. The number of nitrogens with zero attached hydrogens (tertiary/aromatic N) is 4. The molecule has 0 atom stereocenters. The second-order valence-corrected chi connectivity index (χ2v) is 12.3. The van der Waals surface area contributed by atoms with E-state index >= 15 is 0 Å². The van der Waals surface area contributed by atoms with E-state index in [1.165, 1.54) is 28.7 Å². The van der Waals surface area contributed by atoms with Crippen LogP contribution in [0.3, 0.4) is 0 Å². The summed E-state index contributed by atoms with van der Waals surface area (Å²) in [6, 6.07) is 13.9. The zero-order chi connectivity index (χ0) is 26.6. The summed E-state index contributed by atoms with van der Waals surface area (Å²) in [7, 11) is 0. The topological polar surface area (TPSA) is 72.7 Å². The third-order valence-electron chi connectivity index (χ3n) is 5.53. The number of aromatic nitrogens is 4. The van der Waals surface area contributed by atoms with Crippen LogP contribution in [-0.4, -0.2) is 31.4 Å². The molecule has 37 heavy (non-hydrogen) atoms. The molecule has 0 bridgehead atoms. The summed E-state index contributed by atoms with van der Waals surface area (Å²) in [5.41, 5.74) is 3.32. The fourth-order valence-electron chi connectivity index (χ4n) is 3.61. The van der Waals surface area contributed by atoms with E-state index in [0.29, 0.717) is 33.3 Å². The number of hydrogen-bond donors (Lipinski definition) is 1. The Morgan fingerprint density at radius 2 is 1.89 bits per heavy atom. The largest absolute Gasteiger partial charge is 0.301 e. The van der Waals surface area contributed by atoms with Crippen molar-refractivity contribution in [2.75, 3.05) is 11.1 Å². The smallest absolute Gasteiger partial charge is 0.236 e. The Labute approximate surface area is 235 Å². The van der Waals surface area contributed by atoms with Crippen molar-refractivity contribution in [1.82, 2.24) is 19.7 Å². The van der Waals surface area contributed by atoms with Gasteiger partial charge in [0, 0.05) is 29.6 Å². The van der Waals surface area contributed by atoms with Crippen LogP contribution in [0.15, 0.2) is 66.5 Å². The second-order valence-electron chi connectivity index (χ2n) is 9.43. The Hall–Kier alpha value is -2.65. The fourth-order valence-corrected chi connectivity index (χ4v) is 5.54. The van der Waals surface area contributed by atoms with E-state index in [4.69, 9.17) is 23.2 Å². The third-order valence-corrected chi connectivity index (χ3v) is 8.15. The maximum atomic E-state index is 12.6. The summed E-state index contributed by atoms with van der Waals surface area (Å²) in [6.07, 6.45) is 4.21. The van der Waals surface area contributed by atoms with Crippen LogP contribution >= 0.6 is 46.3 Å². The first-order valence-corrected chi connectivity index (χ1v) is 14.2. The van der Waals surface area contributed by atoms with Gasteiger partial charge in [-0.25, -0.2) is 4.98 Å². The fraction of sp³-hybridized carbons (Fsp3) is 0.259. The van der Waals surface area contributed by atoms with Gasteiger partial charge in [0.05, 0.1) is 15.8 Å². The number of carbonyl (C=O) groups is 1.